The normalized spacial score (nSPS) is 43.5. The van der Waals surface area contributed by atoms with Crippen LogP contribution in [0.15, 0.2) is 0 Å². The molecular formula is C16H25NO3. The number of nitrogens with one attached hydrogen (secondary N) is 1. The SMILES string of the molecule is CC1(C(=O)O)CCCCC1NC(=O)C1CC2CCC1C2. The van der Waals surface area contributed by atoms with Crippen LogP contribution in [0.5, 0.6) is 0 Å². The Morgan fingerprint density at radius 2 is 1.95 bits per heavy atom. The number of fused-ring (bicyclic) bond motifs is 2. The van der Waals surface area contributed by atoms with Crippen molar-refractivity contribution in [1.29, 1.82) is 0 Å². The van der Waals surface area contributed by atoms with Gasteiger partial charge >= 0.3 is 5.97 Å². The third-order valence-corrected chi connectivity index (χ3v) is 6.09. The van der Waals surface area contributed by atoms with Crippen LogP contribution in [0.3, 0.4) is 0 Å². The van der Waals surface area contributed by atoms with Gasteiger partial charge in [-0.1, -0.05) is 19.3 Å². The highest BCUT2D eigenvalue weighted by Gasteiger charge is 2.47. The Hall–Kier alpha value is -1.06. The third kappa shape index (κ3) is 2.23. The lowest BCUT2D eigenvalue weighted by Crippen LogP contribution is -2.53. The van der Waals surface area contributed by atoms with Crippen molar-refractivity contribution >= 4 is 11.9 Å². The smallest absolute Gasteiger partial charge is 0.311 e. The van der Waals surface area contributed by atoms with Crippen LogP contribution in [-0.2, 0) is 9.59 Å². The zero-order valence-corrected chi connectivity index (χ0v) is 12.2. The molecule has 0 aliphatic heterocycles. The maximum atomic E-state index is 12.5. The van der Waals surface area contributed by atoms with Crippen molar-refractivity contribution in [2.45, 2.75) is 64.3 Å². The van der Waals surface area contributed by atoms with Crippen LogP contribution in [0.25, 0.3) is 0 Å². The number of hydrogen-bond acceptors (Lipinski definition) is 2. The summed E-state index contributed by atoms with van der Waals surface area (Å²) in [7, 11) is 0. The fourth-order valence-electron chi connectivity index (χ4n) is 4.67. The average molecular weight is 279 g/mol. The fourth-order valence-corrected chi connectivity index (χ4v) is 4.67. The second-order valence-electron chi connectivity index (χ2n) is 7.31. The molecular weight excluding hydrogens is 254 g/mol. The Balaban J connectivity index is 1.66. The molecule has 112 valence electrons. The minimum absolute atomic E-state index is 0.122. The number of hydrogen-bond donors (Lipinski definition) is 2. The van der Waals surface area contributed by atoms with E-state index >= 15 is 0 Å². The first kappa shape index (κ1) is 13.9. The number of carboxylic acid groups (broad SMARTS) is 1. The van der Waals surface area contributed by atoms with E-state index in [1.54, 1.807) is 6.92 Å². The highest BCUT2D eigenvalue weighted by molar-refractivity contribution is 5.82. The number of carbonyl (C=O) groups excluding carboxylic acids is 1. The van der Waals surface area contributed by atoms with Gasteiger partial charge in [0.05, 0.1) is 5.41 Å². The summed E-state index contributed by atoms with van der Waals surface area (Å²) in [5, 5.41) is 12.6. The number of rotatable bonds is 3. The van der Waals surface area contributed by atoms with Gasteiger partial charge in [-0.25, -0.2) is 0 Å². The van der Waals surface area contributed by atoms with Crippen LogP contribution in [0.1, 0.15) is 58.3 Å². The predicted molar refractivity (Wildman–Crippen MR) is 75.1 cm³/mol. The molecule has 4 heteroatoms. The van der Waals surface area contributed by atoms with E-state index < -0.39 is 11.4 Å². The Bertz CT molecular complexity index is 422. The monoisotopic (exact) mass is 279 g/mol. The summed E-state index contributed by atoms with van der Waals surface area (Å²) in [5.74, 6) is 0.799. The molecule has 20 heavy (non-hydrogen) atoms. The van der Waals surface area contributed by atoms with Gasteiger partial charge in [0.25, 0.3) is 0 Å². The van der Waals surface area contributed by atoms with Crippen LogP contribution in [0, 0.1) is 23.2 Å². The predicted octanol–water partition coefficient (Wildman–Crippen LogP) is 2.57. The van der Waals surface area contributed by atoms with Crippen LogP contribution in [-0.4, -0.2) is 23.0 Å². The first-order valence-corrected chi connectivity index (χ1v) is 8.04. The fraction of sp³-hybridized carbons (Fsp3) is 0.875. The van der Waals surface area contributed by atoms with Crippen LogP contribution >= 0.6 is 0 Å². The van der Waals surface area contributed by atoms with Gasteiger partial charge in [0.1, 0.15) is 0 Å². The second kappa shape index (κ2) is 5.05. The maximum absolute atomic E-state index is 12.5. The molecule has 0 spiro atoms. The van der Waals surface area contributed by atoms with Gasteiger partial charge < -0.3 is 10.4 Å². The Morgan fingerprint density at radius 1 is 1.15 bits per heavy atom. The van der Waals surface area contributed by atoms with E-state index in [0.717, 1.165) is 31.6 Å². The van der Waals surface area contributed by atoms with Gasteiger partial charge in [-0.05, 0) is 50.9 Å². The zero-order valence-electron chi connectivity index (χ0n) is 12.2. The van der Waals surface area contributed by atoms with Gasteiger partial charge in [0.2, 0.25) is 5.91 Å². The summed E-state index contributed by atoms with van der Waals surface area (Å²) >= 11 is 0. The molecule has 0 radical (unpaired) electrons. The average Bonchev–Trinajstić information content (AvgIpc) is 3.03. The quantitative estimate of drug-likeness (QED) is 0.834. The first-order chi connectivity index (χ1) is 9.50. The molecule has 4 nitrogen and oxygen atoms in total. The van der Waals surface area contributed by atoms with Crippen molar-refractivity contribution in [3.63, 3.8) is 0 Å². The van der Waals surface area contributed by atoms with Crippen LogP contribution in [0.4, 0.5) is 0 Å². The number of carboxylic acids is 1. The van der Waals surface area contributed by atoms with Gasteiger partial charge in [0.15, 0.2) is 0 Å². The standard InChI is InChI=1S/C16H25NO3/c1-16(15(19)20)7-3-2-4-13(16)17-14(18)12-9-10-5-6-11(12)8-10/h10-13H,2-9H2,1H3,(H,17,18)(H,19,20). The Morgan fingerprint density at radius 3 is 2.55 bits per heavy atom. The van der Waals surface area contributed by atoms with Gasteiger partial charge in [-0.3, -0.25) is 9.59 Å². The summed E-state index contributed by atoms with van der Waals surface area (Å²) in [6.07, 6.45) is 8.13. The highest BCUT2D eigenvalue weighted by atomic mass is 16.4. The summed E-state index contributed by atoms with van der Waals surface area (Å²) in [5.41, 5.74) is -0.786. The minimum atomic E-state index is -0.786. The maximum Gasteiger partial charge on any atom is 0.311 e. The summed E-state index contributed by atoms with van der Waals surface area (Å²) < 4.78 is 0. The molecule has 0 heterocycles. The van der Waals surface area contributed by atoms with E-state index in [4.69, 9.17) is 0 Å². The zero-order chi connectivity index (χ0) is 14.3. The topological polar surface area (TPSA) is 66.4 Å². The summed E-state index contributed by atoms with van der Waals surface area (Å²) in [6, 6.07) is -0.194. The van der Waals surface area contributed by atoms with E-state index in [1.165, 1.54) is 19.3 Å². The van der Waals surface area contributed by atoms with Crippen molar-refractivity contribution in [2.75, 3.05) is 0 Å². The van der Waals surface area contributed by atoms with Gasteiger partial charge in [-0.2, -0.15) is 0 Å². The van der Waals surface area contributed by atoms with Gasteiger partial charge in [-0.15, -0.1) is 0 Å². The second-order valence-corrected chi connectivity index (χ2v) is 7.31. The Kier molecular flexibility index (Phi) is 3.51. The summed E-state index contributed by atoms with van der Waals surface area (Å²) in [6.45, 7) is 1.79. The molecule has 5 atom stereocenters. The number of amides is 1. The largest absolute Gasteiger partial charge is 0.481 e. The van der Waals surface area contributed by atoms with Crippen LogP contribution < -0.4 is 5.32 Å². The Labute approximate surface area is 120 Å². The van der Waals surface area contributed by atoms with E-state index in [-0.39, 0.29) is 17.9 Å². The van der Waals surface area contributed by atoms with E-state index in [9.17, 15) is 14.7 Å². The minimum Gasteiger partial charge on any atom is -0.481 e. The molecule has 3 rings (SSSR count). The molecule has 0 aromatic carbocycles. The van der Waals surface area contributed by atoms with E-state index in [0.29, 0.717) is 12.3 Å². The van der Waals surface area contributed by atoms with Crippen LogP contribution in [0.2, 0.25) is 0 Å². The molecule has 3 aliphatic rings. The lowest BCUT2D eigenvalue weighted by atomic mass is 9.71. The first-order valence-electron chi connectivity index (χ1n) is 8.04. The van der Waals surface area contributed by atoms with Crippen molar-refractivity contribution in [1.82, 2.24) is 5.32 Å². The third-order valence-electron chi connectivity index (χ3n) is 6.09. The number of aliphatic carboxylic acids is 1. The molecule has 3 saturated carbocycles. The number of carbonyl (C=O) groups is 2. The van der Waals surface area contributed by atoms with Crippen molar-refractivity contribution < 1.29 is 14.7 Å². The molecule has 0 saturated heterocycles. The van der Waals surface area contributed by atoms with Crippen molar-refractivity contribution in [2.24, 2.45) is 23.2 Å². The molecule has 5 unspecified atom stereocenters. The molecule has 1 amide bonds. The molecule has 2 bridgehead atoms. The van der Waals surface area contributed by atoms with E-state index in [2.05, 4.69) is 5.32 Å². The molecule has 0 aromatic heterocycles. The van der Waals surface area contributed by atoms with E-state index in [1.807, 2.05) is 0 Å². The summed E-state index contributed by atoms with van der Waals surface area (Å²) in [4.78, 5) is 24.1. The van der Waals surface area contributed by atoms with Crippen molar-refractivity contribution in [3.05, 3.63) is 0 Å². The molecule has 3 aliphatic carbocycles. The van der Waals surface area contributed by atoms with Crippen molar-refractivity contribution in [3.8, 4) is 0 Å². The molecule has 0 aromatic rings. The lowest BCUT2D eigenvalue weighted by molar-refractivity contribution is -0.152. The highest BCUT2D eigenvalue weighted by Crippen LogP contribution is 2.48. The molecule has 3 fully saturated rings. The lowest BCUT2D eigenvalue weighted by Gasteiger charge is -2.39. The van der Waals surface area contributed by atoms with Gasteiger partial charge in [0, 0.05) is 12.0 Å². The molecule has 2 N–H and O–H groups in total.